The number of hydrogen-bond donors (Lipinski definition) is 1. The predicted octanol–water partition coefficient (Wildman–Crippen LogP) is 7.18. The molecular formula is C27H29F2N3O3. The fraction of sp³-hybridized carbons (Fsp3) is 0.370. The first-order chi connectivity index (χ1) is 16.6. The first kappa shape index (κ1) is 24.6. The SMILES string of the molecule is C=Nc1c(-c2ccc(C(=O)O)cc2)cn(CC2CCC(F)(F)CC2)c1/C=C(\C)c1c(C)noc1C. The van der Waals surface area contributed by atoms with Gasteiger partial charge < -0.3 is 14.2 Å². The number of carboxylic acid groups (broad SMARTS) is 1. The predicted molar refractivity (Wildman–Crippen MR) is 132 cm³/mol. The topological polar surface area (TPSA) is 80.6 Å². The molecule has 0 unspecified atom stereocenters. The highest BCUT2D eigenvalue weighted by molar-refractivity contribution is 5.92. The highest BCUT2D eigenvalue weighted by Crippen LogP contribution is 2.41. The number of aromatic carboxylic acids is 1. The Balaban J connectivity index is 1.79. The molecule has 0 bridgehead atoms. The van der Waals surface area contributed by atoms with Gasteiger partial charge in [0.15, 0.2) is 0 Å². The Labute approximate surface area is 203 Å². The van der Waals surface area contributed by atoms with Gasteiger partial charge in [-0.3, -0.25) is 4.99 Å². The van der Waals surface area contributed by atoms with Crippen molar-refractivity contribution in [1.82, 2.24) is 9.72 Å². The molecule has 2 aromatic heterocycles. The standard InChI is InChI=1S/C27H29F2N3O3/c1-16(24-17(2)31-35-18(24)3)13-23-25(30-4)22(20-5-7-21(8-6-20)26(33)34)15-32(23)14-19-9-11-27(28,29)12-10-19/h5-8,13,15,19H,4,9-12,14H2,1-3H3,(H,33,34)/b16-13+. The van der Waals surface area contributed by atoms with Gasteiger partial charge in [0, 0.05) is 36.7 Å². The maximum Gasteiger partial charge on any atom is 0.335 e. The van der Waals surface area contributed by atoms with Crippen molar-refractivity contribution in [3.8, 4) is 11.1 Å². The van der Waals surface area contributed by atoms with Crippen molar-refractivity contribution in [2.24, 2.45) is 10.9 Å². The minimum absolute atomic E-state index is 0.0989. The Morgan fingerprint density at radius 1 is 1.29 bits per heavy atom. The molecule has 1 aliphatic carbocycles. The van der Waals surface area contributed by atoms with Crippen LogP contribution in [0.5, 0.6) is 0 Å². The lowest BCUT2D eigenvalue weighted by molar-refractivity contribution is -0.0473. The van der Waals surface area contributed by atoms with E-state index in [1.165, 1.54) is 0 Å². The van der Waals surface area contributed by atoms with Crippen molar-refractivity contribution in [2.75, 3.05) is 0 Å². The third-order valence-corrected chi connectivity index (χ3v) is 6.77. The fourth-order valence-corrected chi connectivity index (χ4v) is 4.92. The van der Waals surface area contributed by atoms with Gasteiger partial charge in [-0.05, 0) is 75.6 Å². The van der Waals surface area contributed by atoms with Crippen molar-refractivity contribution in [1.29, 1.82) is 0 Å². The molecule has 1 aromatic carbocycles. The van der Waals surface area contributed by atoms with Crippen LogP contribution in [-0.4, -0.2) is 33.4 Å². The number of halogens is 2. The second-order valence-electron chi connectivity index (χ2n) is 9.30. The number of allylic oxidation sites excluding steroid dienone is 1. The molecule has 0 aliphatic heterocycles. The summed E-state index contributed by atoms with van der Waals surface area (Å²) in [6.45, 7) is 10.1. The van der Waals surface area contributed by atoms with E-state index >= 15 is 0 Å². The van der Waals surface area contributed by atoms with Crippen LogP contribution in [-0.2, 0) is 6.54 Å². The van der Waals surface area contributed by atoms with Crippen molar-refractivity contribution < 1.29 is 23.2 Å². The second-order valence-corrected chi connectivity index (χ2v) is 9.30. The second kappa shape index (κ2) is 9.60. The highest BCUT2D eigenvalue weighted by Gasteiger charge is 2.35. The van der Waals surface area contributed by atoms with Crippen molar-refractivity contribution in [3.63, 3.8) is 0 Å². The molecule has 0 atom stereocenters. The van der Waals surface area contributed by atoms with Gasteiger partial charge in [-0.2, -0.15) is 0 Å². The largest absolute Gasteiger partial charge is 0.478 e. The molecule has 184 valence electrons. The molecule has 4 rings (SSSR count). The third kappa shape index (κ3) is 5.11. The first-order valence-electron chi connectivity index (χ1n) is 11.6. The van der Waals surface area contributed by atoms with E-state index in [1.807, 2.05) is 33.0 Å². The Bertz CT molecular complexity index is 1260. The van der Waals surface area contributed by atoms with Crippen LogP contribution in [0.3, 0.4) is 0 Å². The Morgan fingerprint density at radius 3 is 2.49 bits per heavy atom. The van der Waals surface area contributed by atoms with Crippen LogP contribution >= 0.6 is 0 Å². The number of aliphatic imine (C=N–C) groups is 1. The molecule has 0 spiro atoms. The number of aromatic nitrogens is 2. The molecule has 6 nitrogen and oxygen atoms in total. The average molecular weight is 482 g/mol. The summed E-state index contributed by atoms with van der Waals surface area (Å²) in [5.41, 5.74) is 5.89. The first-order valence-corrected chi connectivity index (χ1v) is 11.6. The molecule has 35 heavy (non-hydrogen) atoms. The van der Waals surface area contributed by atoms with E-state index in [4.69, 9.17) is 4.52 Å². The highest BCUT2D eigenvalue weighted by atomic mass is 19.3. The zero-order valence-electron chi connectivity index (χ0n) is 20.1. The Morgan fingerprint density at radius 2 is 1.94 bits per heavy atom. The number of carbonyl (C=O) groups is 1. The van der Waals surface area contributed by atoms with E-state index < -0.39 is 11.9 Å². The van der Waals surface area contributed by atoms with Gasteiger partial charge in [0.1, 0.15) is 5.76 Å². The van der Waals surface area contributed by atoms with Gasteiger partial charge in [-0.15, -0.1) is 0 Å². The van der Waals surface area contributed by atoms with Crippen molar-refractivity contribution >= 4 is 30.0 Å². The smallest absolute Gasteiger partial charge is 0.335 e. The van der Waals surface area contributed by atoms with Gasteiger partial charge in [0.2, 0.25) is 5.92 Å². The molecule has 1 aliphatic rings. The van der Waals surface area contributed by atoms with Gasteiger partial charge in [0.05, 0.1) is 22.6 Å². The summed E-state index contributed by atoms with van der Waals surface area (Å²) in [6.07, 6.45) is 4.67. The summed E-state index contributed by atoms with van der Waals surface area (Å²) < 4.78 is 34.9. The molecule has 2 heterocycles. The minimum Gasteiger partial charge on any atom is -0.478 e. The van der Waals surface area contributed by atoms with Crippen LogP contribution in [0.15, 0.2) is 40.0 Å². The summed E-state index contributed by atoms with van der Waals surface area (Å²) in [5.74, 6) is -2.75. The number of alkyl halides is 2. The fourth-order valence-electron chi connectivity index (χ4n) is 4.92. The molecule has 8 heteroatoms. The van der Waals surface area contributed by atoms with Crippen LogP contribution < -0.4 is 0 Å². The number of carboxylic acids is 1. The summed E-state index contributed by atoms with van der Waals surface area (Å²) in [6, 6.07) is 6.59. The lowest BCUT2D eigenvalue weighted by Gasteiger charge is -2.28. The number of benzene rings is 1. The van der Waals surface area contributed by atoms with E-state index in [-0.39, 0.29) is 24.3 Å². The van der Waals surface area contributed by atoms with Crippen LogP contribution in [0.1, 0.15) is 65.7 Å². The molecule has 1 N–H and O–H groups in total. The van der Waals surface area contributed by atoms with E-state index in [1.54, 1.807) is 24.3 Å². The van der Waals surface area contributed by atoms with Gasteiger partial charge in [0.25, 0.3) is 0 Å². The summed E-state index contributed by atoms with van der Waals surface area (Å²) in [4.78, 5) is 15.6. The van der Waals surface area contributed by atoms with Gasteiger partial charge in [-0.1, -0.05) is 17.3 Å². The van der Waals surface area contributed by atoms with Gasteiger partial charge >= 0.3 is 5.97 Å². The van der Waals surface area contributed by atoms with E-state index in [9.17, 15) is 18.7 Å². The monoisotopic (exact) mass is 481 g/mol. The zero-order chi connectivity index (χ0) is 25.3. The zero-order valence-corrected chi connectivity index (χ0v) is 20.1. The molecule has 0 amide bonds. The molecular weight excluding hydrogens is 452 g/mol. The maximum absolute atomic E-state index is 13.7. The van der Waals surface area contributed by atoms with Crippen molar-refractivity contribution in [3.05, 3.63) is 58.7 Å². The number of hydrogen-bond acceptors (Lipinski definition) is 4. The number of rotatable bonds is 7. The third-order valence-electron chi connectivity index (χ3n) is 6.77. The summed E-state index contributed by atoms with van der Waals surface area (Å²) in [7, 11) is 0. The normalized spacial score (nSPS) is 16.4. The minimum atomic E-state index is -2.58. The van der Waals surface area contributed by atoms with Crippen molar-refractivity contribution in [2.45, 2.75) is 58.9 Å². The Kier molecular flexibility index (Phi) is 6.74. The molecule has 1 saturated carbocycles. The molecule has 0 radical (unpaired) electrons. The average Bonchev–Trinajstić information content (AvgIpc) is 3.33. The molecule has 0 saturated heterocycles. The Hall–Kier alpha value is -3.55. The lowest BCUT2D eigenvalue weighted by Crippen LogP contribution is -2.26. The van der Waals surface area contributed by atoms with Crippen LogP contribution in [0.2, 0.25) is 0 Å². The molecule has 1 fully saturated rings. The van der Waals surface area contributed by atoms with E-state index in [2.05, 4.69) is 21.4 Å². The maximum atomic E-state index is 13.7. The van der Waals surface area contributed by atoms with Crippen LogP contribution in [0, 0.1) is 19.8 Å². The lowest BCUT2D eigenvalue weighted by atomic mass is 9.86. The van der Waals surface area contributed by atoms with E-state index in [0.29, 0.717) is 30.8 Å². The number of nitrogens with zero attached hydrogens (tertiary/aromatic N) is 3. The van der Waals surface area contributed by atoms with Crippen LogP contribution in [0.4, 0.5) is 14.5 Å². The summed E-state index contributed by atoms with van der Waals surface area (Å²) >= 11 is 0. The number of aryl methyl sites for hydroxylation is 2. The van der Waals surface area contributed by atoms with Gasteiger partial charge in [-0.25, -0.2) is 13.6 Å². The quantitative estimate of drug-likeness (QED) is 0.363. The van der Waals surface area contributed by atoms with Crippen LogP contribution in [0.25, 0.3) is 22.8 Å². The summed E-state index contributed by atoms with van der Waals surface area (Å²) in [5, 5.41) is 13.3. The van der Waals surface area contributed by atoms with E-state index in [0.717, 1.165) is 33.7 Å². The molecule has 3 aromatic rings.